The van der Waals surface area contributed by atoms with Crippen molar-refractivity contribution >= 4 is 12.0 Å². The molecule has 1 saturated carbocycles. The molecule has 0 aliphatic heterocycles. The molecule has 90 valence electrons. The van der Waals surface area contributed by atoms with Gasteiger partial charge in [-0.15, -0.1) is 0 Å². The van der Waals surface area contributed by atoms with Gasteiger partial charge in [0.05, 0.1) is 0 Å². The minimum absolute atomic E-state index is 0.0285. The van der Waals surface area contributed by atoms with Gasteiger partial charge in [0.25, 0.3) is 0 Å². The average molecular weight is 229 g/mol. The molecule has 0 unspecified atom stereocenters. The highest BCUT2D eigenvalue weighted by atomic mass is 16.1. The minimum Gasteiger partial charge on any atom is -0.350 e. The standard InChI is InChI=1S/C15H19NO/c17-15(16-14-9-5-2-6-10-14)12-11-13-7-3-1-4-8-13/h1,3-4,7-8,11-12,14H,2,5-6,9-10H2,(H,16,17)/b12-11+. The van der Waals surface area contributed by atoms with E-state index >= 15 is 0 Å². The largest absolute Gasteiger partial charge is 0.350 e. The molecule has 0 spiro atoms. The molecular formula is C15H19NO. The summed E-state index contributed by atoms with van der Waals surface area (Å²) in [4.78, 5) is 11.7. The van der Waals surface area contributed by atoms with Crippen molar-refractivity contribution in [1.29, 1.82) is 0 Å². The molecule has 1 aliphatic carbocycles. The van der Waals surface area contributed by atoms with E-state index in [1.807, 2.05) is 36.4 Å². The number of carbonyl (C=O) groups is 1. The van der Waals surface area contributed by atoms with Crippen molar-refractivity contribution < 1.29 is 4.79 Å². The lowest BCUT2D eigenvalue weighted by molar-refractivity contribution is -0.117. The topological polar surface area (TPSA) is 29.1 Å². The van der Waals surface area contributed by atoms with Gasteiger partial charge in [-0.2, -0.15) is 0 Å². The van der Waals surface area contributed by atoms with Crippen molar-refractivity contribution in [3.05, 3.63) is 42.0 Å². The molecule has 1 fully saturated rings. The van der Waals surface area contributed by atoms with Crippen LogP contribution in [0.25, 0.3) is 6.08 Å². The fourth-order valence-electron chi connectivity index (χ4n) is 2.23. The van der Waals surface area contributed by atoms with E-state index in [4.69, 9.17) is 0 Å². The summed E-state index contributed by atoms with van der Waals surface area (Å²) < 4.78 is 0. The molecule has 1 aromatic carbocycles. The van der Waals surface area contributed by atoms with E-state index in [0.29, 0.717) is 6.04 Å². The first-order chi connectivity index (χ1) is 8.34. The van der Waals surface area contributed by atoms with Crippen LogP contribution in [0, 0.1) is 0 Å². The first-order valence-corrected chi connectivity index (χ1v) is 6.38. The Labute approximate surface area is 103 Å². The van der Waals surface area contributed by atoms with Crippen molar-refractivity contribution in [3.8, 4) is 0 Å². The molecule has 1 aromatic rings. The van der Waals surface area contributed by atoms with Crippen LogP contribution in [0.3, 0.4) is 0 Å². The smallest absolute Gasteiger partial charge is 0.244 e. The van der Waals surface area contributed by atoms with Crippen molar-refractivity contribution in [1.82, 2.24) is 5.32 Å². The Hall–Kier alpha value is -1.57. The molecule has 0 aromatic heterocycles. The van der Waals surface area contributed by atoms with Crippen LogP contribution < -0.4 is 5.32 Å². The summed E-state index contributed by atoms with van der Waals surface area (Å²) in [6.07, 6.45) is 9.55. The van der Waals surface area contributed by atoms with Gasteiger partial charge >= 0.3 is 0 Å². The molecule has 0 heterocycles. The van der Waals surface area contributed by atoms with E-state index in [2.05, 4.69) is 5.32 Å². The van der Waals surface area contributed by atoms with Gasteiger partial charge in [-0.3, -0.25) is 4.79 Å². The maximum Gasteiger partial charge on any atom is 0.244 e. The molecule has 0 radical (unpaired) electrons. The molecule has 0 bridgehead atoms. The second-order valence-corrected chi connectivity index (χ2v) is 4.59. The number of benzene rings is 1. The third-order valence-corrected chi connectivity index (χ3v) is 3.18. The number of nitrogens with one attached hydrogen (secondary N) is 1. The van der Waals surface area contributed by atoms with Crippen molar-refractivity contribution in [3.63, 3.8) is 0 Å². The van der Waals surface area contributed by atoms with E-state index in [1.165, 1.54) is 19.3 Å². The van der Waals surface area contributed by atoms with Gasteiger partial charge in [-0.1, -0.05) is 49.6 Å². The molecular weight excluding hydrogens is 210 g/mol. The zero-order chi connectivity index (χ0) is 11.9. The SMILES string of the molecule is O=C(/C=C/c1ccccc1)NC1CCCCC1. The average Bonchev–Trinajstić information content (AvgIpc) is 2.39. The summed E-state index contributed by atoms with van der Waals surface area (Å²) in [7, 11) is 0. The lowest BCUT2D eigenvalue weighted by Crippen LogP contribution is -2.34. The molecule has 0 saturated heterocycles. The molecule has 2 nitrogen and oxygen atoms in total. The maximum absolute atomic E-state index is 11.7. The molecule has 2 rings (SSSR count). The van der Waals surface area contributed by atoms with E-state index < -0.39 is 0 Å². The number of hydrogen-bond acceptors (Lipinski definition) is 1. The first kappa shape index (κ1) is 11.9. The highest BCUT2D eigenvalue weighted by Gasteiger charge is 2.13. The third kappa shape index (κ3) is 4.06. The van der Waals surface area contributed by atoms with Crippen LogP contribution in [-0.2, 0) is 4.79 Å². The van der Waals surface area contributed by atoms with Crippen molar-refractivity contribution in [2.45, 2.75) is 38.1 Å². The predicted octanol–water partition coefficient (Wildman–Crippen LogP) is 3.15. The summed E-state index contributed by atoms with van der Waals surface area (Å²) in [5, 5.41) is 3.06. The fraction of sp³-hybridized carbons (Fsp3) is 0.400. The summed E-state index contributed by atoms with van der Waals surface area (Å²) >= 11 is 0. The van der Waals surface area contributed by atoms with Crippen molar-refractivity contribution in [2.75, 3.05) is 0 Å². The summed E-state index contributed by atoms with van der Waals surface area (Å²) in [5.74, 6) is 0.0285. The number of carbonyl (C=O) groups excluding carboxylic acids is 1. The number of amides is 1. The van der Waals surface area contributed by atoms with Gasteiger partial charge in [0.2, 0.25) is 5.91 Å². The summed E-state index contributed by atoms with van der Waals surface area (Å²) in [6.45, 7) is 0. The Morgan fingerprint density at radius 1 is 1.12 bits per heavy atom. The van der Waals surface area contributed by atoms with Crippen LogP contribution in [0.2, 0.25) is 0 Å². The lowest BCUT2D eigenvalue weighted by Gasteiger charge is -2.21. The lowest BCUT2D eigenvalue weighted by atomic mass is 9.95. The van der Waals surface area contributed by atoms with Crippen molar-refractivity contribution in [2.24, 2.45) is 0 Å². The van der Waals surface area contributed by atoms with Crippen LogP contribution in [0.1, 0.15) is 37.7 Å². The van der Waals surface area contributed by atoms with Gasteiger partial charge in [0.1, 0.15) is 0 Å². The van der Waals surface area contributed by atoms with E-state index in [9.17, 15) is 4.79 Å². The fourth-order valence-corrected chi connectivity index (χ4v) is 2.23. The maximum atomic E-state index is 11.7. The Bertz CT molecular complexity index is 377. The van der Waals surface area contributed by atoms with E-state index in [1.54, 1.807) is 6.08 Å². The van der Waals surface area contributed by atoms with Gasteiger partial charge < -0.3 is 5.32 Å². The minimum atomic E-state index is 0.0285. The molecule has 1 aliphatic rings. The van der Waals surface area contributed by atoms with Crippen LogP contribution in [-0.4, -0.2) is 11.9 Å². The molecule has 1 N–H and O–H groups in total. The molecule has 17 heavy (non-hydrogen) atoms. The van der Waals surface area contributed by atoms with Gasteiger partial charge in [0, 0.05) is 12.1 Å². The molecule has 1 amide bonds. The number of rotatable bonds is 3. The molecule has 2 heteroatoms. The Morgan fingerprint density at radius 3 is 2.53 bits per heavy atom. The highest BCUT2D eigenvalue weighted by Crippen LogP contribution is 2.17. The van der Waals surface area contributed by atoms with Crippen LogP contribution >= 0.6 is 0 Å². The van der Waals surface area contributed by atoms with Crippen LogP contribution in [0.5, 0.6) is 0 Å². The van der Waals surface area contributed by atoms with Crippen LogP contribution in [0.15, 0.2) is 36.4 Å². The van der Waals surface area contributed by atoms with E-state index in [0.717, 1.165) is 18.4 Å². The van der Waals surface area contributed by atoms with Gasteiger partial charge in [-0.05, 0) is 24.5 Å². The predicted molar refractivity (Wildman–Crippen MR) is 70.5 cm³/mol. The zero-order valence-corrected chi connectivity index (χ0v) is 10.1. The number of hydrogen-bond donors (Lipinski definition) is 1. The van der Waals surface area contributed by atoms with Crippen LogP contribution in [0.4, 0.5) is 0 Å². The summed E-state index contributed by atoms with van der Waals surface area (Å²) in [6, 6.07) is 10.3. The quantitative estimate of drug-likeness (QED) is 0.793. The Morgan fingerprint density at radius 2 is 1.82 bits per heavy atom. The monoisotopic (exact) mass is 229 g/mol. The highest BCUT2D eigenvalue weighted by molar-refractivity contribution is 5.91. The Kier molecular flexibility index (Phi) is 4.37. The zero-order valence-electron chi connectivity index (χ0n) is 10.1. The summed E-state index contributed by atoms with van der Waals surface area (Å²) in [5.41, 5.74) is 1.06. The first-order valence-electron chi connectivity index (χ1n) is 6.38. The van der Waals surface area contributed by atoms with Gasteiger partial charge in [-0.25, -0.2) is 0 Å². The second kappa shape index (κ2) is 6.24. The normalized spacial score (nSPS) is 17.2. The third-order valence-electron chi connectivity index (χ3n) is 3.18. The van der Waals surface area contributed by atoms with Gasteiger partial charge in [0.15, 0.2) is 0 Å². The van der Waals surface area contributed by atoms with E-state index in [-0.39, 0.29) is 5.91 Å². The Balaban J connectivity index is 1.82. The second-order valence-electron chi connectivity index (χ2n) is 4.59. The molecule has 0 atom stereocenters.